The third kappa shape index (κ3) is 7.27. The fraction of sp³-hybridized carbons (Fsp3) is 1.00. The van der Waals surface area contributed by atoms with E-state index in [9.17, 15) is 21.6 Å². The molecule has 7 nitrogen and oxygen atoms in total. The Kier molecular flexibility index (Phi) is 8.76. The monoisotopic (exact) mass is 501 g/mol. The van der Waals surface area contributed by atoms with E-state index in [1.807, 2.05) is 20.8 Å². The number of sulfonamides is 1. The average Bonchev–Trinajstić information content (AvgIpc) is 3.48. The molecule has 3 rings (SSSR count). The first-order chi connectivity index (χ1) is 15.3. The number of hydrogen-bond acceptors (Lipinski definition) is 6. The molecular weight excluding hydrogens is 463 g/mol. The molecule has 3 aliphatic heterocycles. The van der Waals surface area contributed by atoms with Gasteiger partial charge >= 0.3 is 6.18 Å². The lowest BCUT2D eigenvalue weighted by Crippen LogP contribution is -2.57. The van der Waals surface area contributed by atoms with Gasteiger partial charge in [-0.1, -0.05) is 0 Å². The van der Waals surface area contributed by atoms with Gasteiger partial charge in [-0.05, 0) is 65.2 Å². The van der Waals surface area contributed by atoms with Crippen molar-refractivity contribution in [2.24, 2.45) is 5.92 Å². The van der Waals surface area contributed by atoms with Crippen LogP contribution in [0.15, 0.2) is 0 Å². The Bertz CT molecular complexity index is 725. The minimum absolute atomic E-state index is 0.0326. The molecule has 194 valence electrons. The summed E-state index contributed by atoms with van der Waals surface area (Å²) in [6.45, 7) is 7.87. The Morgan fingerprint density at radius 1 is 1.06 bits per heavy atom. The highest BCUT2D eigenvalue weighted by atomic mass is 32.2. The van der Waals surface area contributed by atoms with Gasteiger partial charge in [-0.15, -0.1) is 0 Å². The fourth-order valence-corrected chi connectivity index (χ4v) is 7.09. The number of alkyl halides is 3. The molecule has 0 aromatic carbocycles. The summed E-state index contributed by atoms with van der Waals surface area (Å²) >= 11 is 0. The molecule has 33 heavy (non-hydrogen) atoms. The summed E-state index contributed by atoms with van der Waals surface area (Å²) in [5.41, 5.74) is -0.428. The molecule has 0 saturated carbocycles. The lowest BCUT2D eigenvalue weighted by atomic mass is 9.95. The number of ether oxygens (including phenoxy) is 4. The number of hydrogen-bond donors (Lipinski definition) is 0. The molecule has 11 heteroatoms. The third-order valence-electron chi connectivity index (χ3n) is 6.63. The Balaban J connectivity index is 1.50. The summed E-state index contributed by atoms with van der Waals surface area (Å²) < 4.78 is 87.2. The van der Waals surface area contributed by atoms with Gasteiger partial charge in [0.15, 0.2) is 6.29 Å². The number of epoxide rings is 1. The second-order valence-electron chi connectivity index (χ2n) is 10.3. The minimum Gasteiger partial charge on any atom is -0.381 e. The van der Waals surface area contributed by atoms with E-state index >= 15 is 0 Å². The summed E-state index contributed by atoms with van der Waals surface area (Å²) in [6, 6.07) is 0. The van der Waals surface area contributed by atoms with Crippen LogP contribution in [0.5, 0.6) is 0 Å². The molecule has 3 heterocycles. The van der Waals surface area contributed by atoms with Crippen molar-refractivity contribution in [1.29, 1.82) is 0 Å². The molecule has 0 amide bonds. The van der Waals surface area contributed by atoms with Gasteiger partial charge in [0.1, 0.15) is 10.9 Å². The molecule has 3 saturated heterocycles. The Labute approximate surface area is 195 Å². The number of halogens is 3. The maximum absolute atomic E-state index is 13.8. The van der Waals surface area contributed by atoms with Gasteiger partial charge < -0.3 is 18.9 Å². The van der Waals surface area contributed by atoms with Crippen molar-refractivity contribution in [3.05, 3.63) is 0 Å². The molecule has 2 unspecified atom stereocenters. The topological polar surface area (TPSA) is 77.6 Å². The lowest BCUT2D eigenvalue weighted by molar-refractivity contribution is -0.138. The van der Waals surface area contributed by atoms with Crippen LogP contribution >= 0.6 is 0 Å². The van der Waals surface area contributed by atoms with Crippen LogP contribution in [-0.2, 0) is 29.0 Å². The normalized spacial score (nSPS) is 27.6. The molecule has 0 spiro atoms. The molecular formula is C22H38F3NO6S. The summed E-state index contributed by atoms with van der Waals surface area (Å²) in [6.07, 6.45) is -3.10. The summed E-state index contributed by atoms with van der Waals surface area (Å²) in [7, 11) is -3.63. The Morgan fingerprint density at radius 2 is 1.70 bits per heavy atom. The van der Waals surface area contributed by atoms with Crippen LogP contribution in [0.3, 0.4) is 0 Å². The van der Waals surface area contributed by atoms with Gasteiger partial charge in [-0.25, -0.2) is 12.7 Å². The fourth-order valence-electron chi connectivity index (χ4n) is 4.74. The molecule has 2 atom stereocenters. The number of nitrogens with zero attached hydrogens (tertiary/aromatic N) is 1. The van der Waals surface area contributed by atoms with Crippen molar-refractivity contribution in [3.63, 3.8) is 0 Å². The quantitative estimate of drug-likeness (QED) is 0.334. The Morgan fingerprint density at radius 3 is 2.27 bits per heavy atom. The van der Waals surface area contributed by atoms with Gasteiger partial charge in [-0.2, -0.15) is 13.2 Å². The van der Waals surface area contributed by atoms with Gasteiger partial charge in [0.2, 0.25) is 10.0 Å². The van der Waals surface area contributed by atoms with E-state index in [-0.39, 0.29) is 13.0 Å². The predicted octanol–water partition coefficient (Wildman–Crippen LogP) is 3.87. The largest absolute Gasteiger partial charge is 0.389 e. The highest BCUT2D eigenvalue weighted by Crippen LogP contribution is 2.47. The van der Waals surface area contributed by atoms with Crippen molar-refractivity contribution in [1.82, 2.24) is 4.31 Å². The zero-order valence-electron chi connectivity index (χ0n) is 19.9. The first kappa shape index (κ1) is 27.1. The summed E-state index contributed by atoms with van der Waals surface area (Å²) in [5.74, 6) is 0.304. The van der Waals surface area contributed by atoms with Crippen LogP contribution in [0, 0.1) is 5.92 Å². The lowest BCUT2D eigenvalue weighted by Gasteiger charge is -2.41. The maximum Gasteiger partial charge on any atom is 0.389 e. The SMILES string of the molecule is CC(C)(C)OC1OC1C1(S(=O)(=O)N2CCC(CCOCCCC(F)(F)F)CC2)CCOCC1. The van der Waals surface area contributed by atoms with E-state index in [4.69, 9.17) is 18.9 Å². The zero-order chi connectivity index (χ0) is 24.3. The molecule has 0 N–H and O–H groups in total. The first-order valence-electron chi connectivity index (χ1n) is 11.9. The zero-order valence-corrected chi connectivity index (χ0v) is 20.7. The molecule has 0 aromatic rings. The molecule has 3 aliphatic rings. The molecule has 0 aliphatic carbocycles. The van der Waals surface area contributed by atoms with Crippen LogP contribution < -0.4 is 0 Å². The third-order valence-corrected chi connectivity index (χ3v) is 9.34. The second-order valence-corrected chi connectivity index (χ2v) is 12.6. The van der Waals surface area contributed by atoms with Gasteiger partial charge in [0, 0.05) is 45.9 Å². The maximum atomic E-state index is 13.8. The van der Waals surface area contributed by atoms with Crippen molar-refractivity contribution in [2.75, 3.05) is 39.5 Å². The summed E-state index contributed by atoms with van der Waals surface area (Å²) in [5, 5.41) is 0. The minimum atomic E-state index is -4.14. The van der Waals surface area contributed by atoms with Crippen LogP contribution in [0.25, 0.3) is 0 Å². The van der Waals surface area contributed by atoms with Crippen LogP contribution in [0.2, 0.25) is 0 Å². The van der Waals surface area contributed by atoms with Crippen LogP contribution in [0.4, 0.5) is 13.2 Å². The number of piperidine rings is 1. The smallest absolute Gasteiger partial charge is 0.381 e. The molecule has 0 aromatic heterocycles. The highest BCUT2D eigenvalue weighted by molar-refractivity contribution is 7.90. The van der Waals surface area contributed by atoms with E-state index in [1.165, 1.54) is 0 Å². The summed E-state index contributed by atoms with van der Waals surface area (Å²) in [4.78, 5) is 0. The van der Waals surface area contributed by atoms with E-state index in [2.05, 4.69) is 0 Å². The van der Waals surface area contributed by atoms with E-state index in [0.717, 1.165) is 6.42 Å². The second kappa shape index (κ2) is 10.7. The highest BCUT2D eigenvalue weighted by Gasteiger charge is 2.64. The van der Waals surface area contributed by atoms with Crippen molar-refractivity contribution >= 4 is 10.0 Å². The number of rotatable bonds is 10. The van der Waals surface area contributed by atoms with Gasteiger partial charge in [0.05, 0.1) is 5.60 Å². The standard InChI is InChI=1S/C22H38F3NO6S/c1-20(2,3)32-19-18(31-19)21(9-15-30-16-10-21)33(27,28)26-11-5-17(6-12-26)7-14-29-13-4-8-22(23,24)25/h17-19H,4-16H2,1-3H3. The van der Waals surface area contributed by atoms with E-state index < -0.39 is 45.4 Å². The van der Waals surface area contributed by atoms with E-state index in [1.54, 1.807) is 4.31 Å². The van der Waals surface area contributed by atoms with Crippen molar-refractivity contribution < 1.29 is 40.5 Å². The van der Waals surface area contributed by atoms with Crippen molar-refractivity contribution in [3.8, 4) is 0 Å². The van der Waals surface area contributed by atoms with Crippen LogP contribution in [-0.4, -0.2) is 81.2 Å². The first-order valence-corrected chi connectivity index (χ1v) is 13.3. The Hall–Kier alpha value is -0.460. The molecule has 3 fully saturated rings. The van der Waals surface area contributed by atoms with E-state index in [0.29, 0.717) is 64.5 Å². The predicted molar refractivity (Wildman–Crippen MR) is 116 cm³/mol. The average molecular weight is 502 g/mol. The van der Waals surface area contributed by atoms with Gasteiger partial charge in [0.25, 0.3) is 0 Å². The van der Waals surface area contributed by atoms with Gasteiger partial charge in [-0.3, -0.25) is 0 Å². The van der Waals surface area contributed by atoms with Crippen molar-refractivity contribution in [2.45, 2.75) is 94.6 Å². The molecule has 0 radical (unpaired) electrons. The molecule has 0 bridgehead atoms. The van der Waals surface area contributed by atoms with Crippen LogP contribution in [0.1, 0.15) is 65.7 Å².